The van der Waals surface area contributed by atoms with Crippen LogP contribution in [0.3, 0.4) is 0 Å². The van der Waals surface area contributed by atoms with Crippen LogP contribution in [0, 0.1) is 27.7 Å². The normalized spacial score (nSPS) is 10.6. The van der Waals surface area contributed by atoms with Crippen LogP contribution < -0.4 is 0 Å². The van der Waals surface area contributed by atoms with Gasteiger partial charge in [0.1, 0.15) is 0 Å². The number of hydrogen-bond donors (Lipinski definition) is 0. The summed E-state index contributed by atoms with van der Waals surface area (Å²) in [5.41, 5.74) is 14.7. The molecule has 0 fully saturated rings. The highest BCUT2D eigenvalue weighted by atomic mass is 14.7. The summed E-state index contributed by atoms with van der Waals surface area (Å²) in [5, 5.41) is 10.3. The molecule has 0 N–H and O–H groups in total. The number of benzene rings is 8. The van der Waals surface area contributed by atoms with Crippen LogP contribution in [0.15, 0.2) is 244 Å². The van der Waals surface area contributed by atoms with E-state index in [1.165, 1.54) is 98.7 Å². The Hall–Kier alpha value is -8.60. The summed E-state index contributed by atoms with van der Waals surface area (Å²) < 4.78 is 0. The van der Waals surface area contributed by atoms with Crippen molar-refractivity contribution < 1.29 is 0 Å². The maximum atomic E-state index is 4.37. The predicted octanol–water partition coefficient (Wildman–Crippen LogP) is 16.8. The van der Waals surface area contributed by atoms with E-state index in [2.05, 4.69) is 211 Å². The quantitative estimate of drug-likeness (QED) is 0.177. The summed E-state index contributed by atoms with van der Waals surface area (Å²) in [6.45, 7) is 8.51. The number of rotatable bonds is 4. The van der Waals surface area contributed by atoms with Crippen LogP contribution in [0.5, 0.6) is 0 Å². The summed E-state index contributed by atoms with van der Waals surface area (Å²) in [7, 11) is 0. The third kappa shape index (κ3) is 10.9. The van der Waals surface area contributed by atoms with Crippen molar-refractivity contribution in [2.75, 3.05) is 0 Å². The highest BCUT2D eigenvalue weighted by Crippen LogP contribution is 2.31. The van der Waals surface area contributed by atoms with E-state index in [4.69, 9.17) is 0 Å². The van der Waals surface area contributed by atoms with E-state index in [-0.39, 0.29) is 0 Å². The molecule has 0 saturated heterocycles. The molecule has 68 heavy (non-hydrogen) atoms. The second-order valence-electron chi connectivity index (χ2n) is 17.1. The SMILES string of the molecule is Cc1ccc(-c2ccncc2)c2ccccc12.Cc1ccc2cc(-c3ccccn3)ccc2c1.Cc1ccc2cc(-c3cccnc3)ccc2c1.Cc1ccc2cc(-c3ccncc3)ccc2c1. The van der Waals surface area contributed by atoms with Gasteiger partial charge in [0, 0.05) is 54.5 Å². The molecule has 0 aliphatic rings. The second-order valence-corrected chi connectivity index (χ2v) is 17.1. The molecule has 0 spiro atoms. The zero-order valence-corrected chi connectivity index (χ0v) is 38.9. The number of hydrogen-bond acceptors (Lipinski definition) is 4. The number of pyridine rings is 4. The zero-order chi connectivity index (χ0) is 46.7. The topological polar surface area (TPSA) is 51.6 Å². The van der Waals surface area contributed by atoms with E-state index in [0.717, 1.165) is 11.3 Å². The lowest BCUT2D eigenvalue weighted by atomic mass is 9.96. The number of aryl methyl sites for hydroxylation is 4. The molecule has 0 saturated carbocycles. The molecule has 4 heterocycles. The van der Waals surface area contributed by atoms with E-state index >= 15 is 0 Å². The van der Waals surface area contributed by atoms with Crippen LogP contribution in [-0.4, -0.2) is 19.9 Å². The van der Waals surface area contributed by atoms with Crippen molar-refractivity contribution in [1.29, 1.82) is 0 Å². The van der Waals surface area contributed by atoms with E-state index in [0.29, 0.717) is 0 Å². The van der Waals surface area contributed by atoms with Crippen molar-refractivity contribution in [3.63, 3.8) is 0 Å². The molecule has 0 bridgehead atoms. The van der Waals surface area contributed by atoms with Crippen LogP contribution in [-0.2, 0) is 0 Å². The van der Waals surface area contributed by atoms with E-state index < -0.39 is 0 Å². The highest BCUT2D eigenvalue weighted by molar-refractivity contribution is 5.98. The molecule has 4 heteroatoms. The fraction of sp³-hybridized carbons (Fsp3) is 0.0625. The lowest BCUT2D eigenvalue weighted by molar-refractivity contribution is 1.33. The molecule has 0 amide bonds. The van der Waals surface area contributed by atoms with E-state index in [9.17, 15) is 0 Å². The van der Waals surface area contributed by atoms with Gasteiger partial charge in [-0.2, -0.15) is 0 Å². The van der Waals surface area contributed by atoms with Gasteiger partial charge in [-0.1, -0.05) is 156 Å². The smallest absolute Gasteiger partial charge is 0.0702 e. The number of fused-ring (bicyclic) bond motifs is 4. The average molecular weight is 877 g/mol. The fourth-order valence-corrected chi connectivity index (χ4v) is 8.46. The van der Waals surface area contributed by atoms with Gasteiger partial charge in [-0.15, -0.1) is 0 Å². The van der Waals surface area contributed by atoms with Crippen LogP contribution in [0.2, 0.25) is 0 Å². The summed E-state index contributed by atoms with van der Waals surface area (Å²) in [6.07, 6.45) is 12.9. The molecule has 0 radical (unpaired) electrons. The fourth-order valence-electron chi connectivity index (χ4n) is 8.46. The van der Waals surface area contributed by atoms with Gasteiger partial charge < -0.3 is 0 Å². The van der Waals surface area contributed by atoms with Crippen LogP contribution in [0.1, 0.15) is 22.3 Å². The van der Waals surface area contributed by atoms with Crippen molar-refractivity contribution in [3.05, 3.63) is 266 Å². The minimum atomic E-state index is 1.02. The first kappa shape index (κ1) is 44.6. The zero-order valence-electron chi connectivity index (χ0n) is 38.9. The van der Waals surface area contributed by atoms with Gasteiger partial charge in [0.2, 0.25) is 0 Å². The van der Waals surface area contributed by atoms with Gasteiger partial charge in [0.05, 0.1) is 5.69 Å². The molecule has 328 valence electrons. The Bertz CT molecular complexity index is 3310. The molecular formula is C64H52N4. The van der Waals surface area contributed by atoms with Crippen molar-refractivity contribution in [3.8, 4) is 44.6 Å². The monoisotopic (exact) mass is 876 g/mol. The molecule has 0 aliphatic heterocycles. The first-order valence-electron chi connectivity index (χ1n) is 23.0. The molecule has 12 aromatic rings. The van der Waals surface area contributed by atoms with Crippen molar-refractivity contribution in [1.82, 2.24) is 19.9 Å². The maximum absolute atomic E-state index is 4.37. The Morgan fingerprint density at radius 3 is 1.31 bits per heavy atom. The van der Waals surface area contributed by atoms with E-state index in [1.54, 1.807) is 6.20 Å². The average Bonchev–Trinajstić information content (AvgIpc) is 3.40. The predicted molar refractivity (Wildman–Crippen MR) is 288 cm³/mol. The molecule has 0 unspecified atom stereocenters. The molecule has 4 nitrogen and oxygen atoms in total. The van der Waals surface area contributed by atoms with E-state index in [1.807, 2.05) is 73.6 Å². The molecule has 0 atom stereocenters. The lowest BCUT2D eigenvalue weighted by Gasteiger charge is -2.08. The maximum Gasteiger partial charge on any atom is 0.0702 e. The third-order valence-corrected chi connectivity index (χ3v) is 12.1. The Balaban J connectivity index is 0.000000113. The minimum Gasteiger partial charge on any atom is -0.265 e. The van der Waals surface area contributed by atoms with Gasteiger partial charge in [-0.25, -0.2) is 0 Å². The van der Waals surface area contributed by atoms with Crippen molar-refractivity contribution >= 4 is 43.1 Å². The Morgan fingerprint density at radius 1 is 0.279 bits per heavy atom. The lowest BCUT2D eigenvalue weighted by Crippen LogP contribution is -1.84. The summed E-state index contributed by atoms with van der Waals surface area (Å²) in [5.74, 6) is 0. The van der Waals surface area contributed by atoms with Gasteiger partial charge in [-0.3, -0.25) is 19.9 Å². The number of nitrogens with zero attached hydrogens (tertiary/aromatic N) is 4. The van der Waals surface area contributed by atoms with Crippen LogP contribution >= 0.6 is 0 Å². The Morgan fingerprint density at radius 2 is 0.765 bits per heavy atom. The van der Waals surface area contributed by atoms with Crippen LogP contribution in [0.25, 0.3) is 87.7 Å². The first-order chi connectivity index (χ1) is 33.3. The molecular weight excluding hydrogens is 825 g/mol. The Labute approximate surface area is 399 Å². The molecule has 12 rings (SSSR count). The largest absolute Gasteiger partial charge is 0.265 e. The van der Waals surface area contributed by atoms with Gasteiger partial charge >= 0.3 is 0 Å². The molecule has 0 aliphatic carbocycles. The minimum absolute atomic E-state index is 1.02. The molecule has 8 aromatic carbocycles. The third-order valence-electron chi connectivity index (χ3n) is 12.1. The summed E-state index contributed by atoms with van der Waals surface area (Å²) in [4.78, 5) is 16.6. The first-order valence-corrected chi connectivity index (χ1v) is 23.0. The molecule has 4 aromatic heterocycles. The van der Waals surface area contributed by atoms with Crippen molar-refractivity contribution in [2.24, 2.45) is 0 Å². The van der Waals surface area contributed by atoms with Gasteiger partial charge in [0.25, 0.3) is 0 Å². The Kier molecular flexibility index (Phi) is 13.9. The van der Waals surface area contributed by atoms with Gasteiger partial charge in [-0.05, 0) is 165 Å². The number of aromatic nitrogens is 4. The summed E-state index contributed by atoms with van der Waals surface area (Å²) >= 11 is 0. The van der Waals surface area contributed by atoms with Crippen molar-refractivity contribution in [2.45, 2.75) is 27.7 Å². The van der Waals surface area contributed by atoms with Crippen LogP contribution in [0.4, 0.5) is 0 Å². The second kappa shape index (κ2) is 21.1. The highest BCUT2D eigenvalue weighted by Gasteiger charge is 2.06. The standard InChI is InChI=1S/4C16H13N/c1-12-2-3-16-11-15(5-4-14(16)10-12)13-6-8-17-9-7-13;1-12-4-5-14-10-15(7-6-13(14)9-12)16-3-2-8-17-11-16;1-12-5-6-14-11-15(8-7-13(14)10-12)16-4-2-3-9-17-16;1-12-6-7-15(13-8-10-17-11-9-13)16-5-3-2-4-14(12)16/h4*2-11H,1H3. The van der Waals surface area contributed by atoms with Gasteiger partial charge in [0.15, 0.2) is 0 Å². The summed E-state index contributed by atoms with van der Waals surface area (Å²) in [6, 6.07) is 70.3.